The van der Waals surface area contributed by atoms with Gasteiger partial charge < -0.3 is 4.90 Å². The smallest absolute Gasteiger partial charge is 0.229 e. The third kappa shape index (κ3) is 2.94. The molecule has 0 heterocycles. The zero-order chi connectivity index (χ0) is 11.3. The van der Waals surface area contributed by atoms with Gasteiger partial charge in [0.25, 0.3) is 0 Å². The Balaban J connectivity index is 2.93. The highest BCUT2D eigenvalue weighted by molar-refractivity contribution is 5.83. The van der Waals surface area contributed by atoms with Crippen molar-refractivity contribution in [3.05, 3.63) is 48.6 Å². The number of hydrogen-bond donors (Lipinski definition) is 0. The van der Waals surface area contributed by atoms with Gasteiger partial charge in [-0.15, -0.1) is 6.58 Å². The van der Waals surface area contributed by atoms with Crippen molar-refractivity contribution in [3.63, 3.8) is 0 Å². The largest absolute Gasteiger partial charge is 0.348 e. The second-order valence-electron chi connectivity index (χ2n) is 3.72. The molecule has 1 atom stereocenters. The van der Waals surface area contributed by atoms with Crippen LogP contribution in [0.15, 0.2) is 43.0 Å². The van der Waals surface area contributed by atoms with E-state index in [1.54, 1.807) is 25.1 Å². The normalized spacial score (nSPS) is 11.9. The fourth-order valence-electron chi connectivity index (χ4n) is 1.54. The Morgan fingerprint density at radius 1 is 1.40 bits per heavy atom. The first-order valence-electron chi connectivity index (χ1n) is 5.03. The third-order valence-corrected chi connectivity index (χ3v) is 2.34. The van der Waals surface area contributed by atoms with Crippen molar-refractivity contribution in [1.82, 2.24) is 4.90 Å². The maximum Gasteiger partial charge on any atom is 0.229 e. The van der Waals surface area contributed by atoms with Gasteiger partial charge >= 0.3 is 0 Å². The summed E-state index contributed by atoms with van der Waals surface area (Å²) in [5, 5.41) is 0. The lowest BCUT2D eigenvalue weighted by Gasteiger charge is -2.19. The van der Waals surface area contributed by atoms with Gasteiger partial charge in [0, 0.05) is 14.1 Å². The molecule has 0 aliphatic heterocycles. The van der Waals surface area contributed by atoms with Crippen LogP contribution in [0.4, 0.5) is 0 Å². The van der Waals surface area contributed by atoms with E-state index in [9.17, 15) is 4.79 Å². The number of amides is 1. The minimum Gasteiger partial charge on any atom is -0.348 e. The summed E-state index contributed by atoms with van der Waals surface area (Å²) in [4.78, 5) is 13.5. The number of carbonyl (C=O) groups excluding carboxylic acids is 1. The molecule has 0 radical (unpaired) electrons. The molecule has 1 rings (SSSR count). The highest BCUT2D eigenvalue weighted by Crippen LogP contribution is 2.21. The first kappa shape index (κ1) is 11.5. The van der Waals surface area contributed by atoms with Crippen molar-refractivity contribution in [2.75, 3.05) is 14.1 Å². The summed E-state index contributed by atoms with van der Waals surface area (Å²) in [5.41, 5.74) is 1.05. The molecule has 0 saturated heterocycles. The number of nitrogens with zero attached hydrogens (tertiary/aromatic N) is 1. The van der Waals surface area contributed by atoms with E-state index in [0.717, 1.165) is 5.56 Å². The van der Waals surface area contributed by atoms with Crippen LogP contribution >= 0.6 is 0 Å². The number of likely N-dealkylation sites (N-methyl/N-ethyl adjacent to an activating group) is 1. The van der Waals surface area contributed by atoms with E-state index in [0.29, 0.717) is 6.42 Å². The fraction of sp³-hybridized carbons (Fsp3) is 0.308. The van der Waals surface area contributed by atoms with Crippen LogP contribution in [0.2, 0.25) is 0 Å². The lowest BCUT2D eigenvalue weighted by molar-refractivity contribution is -0.130. The van der Waals surface area contributed by atoms with Crippen LogP contribution in [-0.4, -0.2) is 24.9 Å². The molecule has 0 N–H and O–H groups in total. The van der Waals surface area contributed by atoms with Crippen LogP contribution in [-0.2, 0) is 4.79 Å². The van der Waals surface area contributed by atoms with Crippen LogP contribution in [0.1, 0.15) is 17.9 Å². The summed E-state index contributed by atoms with van der Waals surface area (Å²) in [6.07, 6.45) is 2.47. The number of carbonyl (C=O) groups is 1. The zero-order valence-corrected chi connectivity index (χ0v) is 9.31. The molecule has 2 nitrogen and oxygen atoms in total. The quantitative estimate of drug-likeness (QED) is 0.688. The van der Waals surface area contributed by atoms with Crippen LogP contribution < -0.4 is 0 Å². The van der Waals surface area contributed by atoms with Gasteiger partial charge in [0.1, 0.15) is 0 Å². The Morgan fingerprint density at radius 2 is 2.00 bits per heavy atom. The average Bonchev–Trinajstić information content (AvgIpc) is 2.26. The molecule has 2 heteroatoms. The summed E-state index contributed by atoms with van der Waals surface area (Å²) < 4.78 is 0. The lowest BCUT2D eigenvalue weighted by Crippen LogP contribution is -2.28. The monoisotopic (exact) mass is 203 g/mol. The predicted octanol–water partition coefficient (Wildman–Crippen LogP) is 2.43. The first-order valence-corrected chi connectivity index (χ1v) is 5.03. The molecule has 0 spiro atoms. The van der Waals surface area contributed by atoms with Crippen LogP contribution in [0.25, 0.3) is 0 Å². The molecule has 0 aliphatic carbocycles. The minimum absolute atomic E-state index is 0.0984. The predicted molar refractivity (Wildman–Crippen MR) is 62.7 cm³/mol. The van der Waals surface area contributed by atoms with Crippen LogP contribution in [0, 0.1) is 0 Å². The van der Waals surface area contributed by atoms with Crippen LogP contribution in [0.3, 0.4) is 0 Å². The standard InChI is InChI=1S/C13H17NO/c1-4-8-12(13(15)14(2)3)11-9-6-5-7-10-11/h4-7,9-10,12H,1,8H2,2-3H3. The van der Waals surface area contributed by atoms with E-state index in [1.807, 2.05) is 30.3 Å². The van der Waals surface area contributed by atoms with Crippen molar-refractivity contribution < 1.29 is 4.79 Å². The Hall–Kier alpha value is -1.57. The van der Waals surface area contributed by atoms with Crippen molar-refractivity contribution >= 4 is 5.91 Å². The van der Waals surface area contributed by atoms with Gasteiger partial charge in [-0.05, 0) is 12.0 Å². The van der Waals surface area contributed by atoms with Gasteiger partial charge in [-0.3, -0.25) is 4.79 Å². The van der Waals surface area contributed by atoms with Gasteiger partial charge in [-0.2, -0.15) is 0 Å². The molecule has 1 aromatic carbocycles. The van der Waals surface area contributed by atoms with E-state index < -0.39 is 0 Å². The topological polar surface area (TPSA) is 20.3 Å². The molecule has 1 aromatic rings. The van der Waals surface area contributed by atoms with E-state index in [-0.39, 0.29) is 11.8 Å². The first-order chi connectivity index (χ1) is 7.16. The molecule has 0 aliphatic rings. The number of hydrogen-bond acceptors (Lipinski definition) is 1. The third-order valence-electron chi connectivity index (χ3n) is 2.34. The molecule has 15 heavy (non-hydrogen) atoms. The van der Waals surface area contributed by atoms with Crippen molar-refractivity contribution in [1.29, 1.82) is 0 Å². The molecule has 0 bridgehead atoms. The summed E-state index contributed by atoms with van der Waals surface area (Å²) >= 11 is 0. The molecule has 80 valence electrons. The fourth-order valence-corrected chi connectivity index (χ4v) is 1.54. The zero-order valence-electron chi connectivity index (χ0n) is 9.31. The van der Waals surface area contributed by atoms with Gasteiger partial charge in [-0.1, -0.05) is 36.4 Å². The highest BCUT2D eigenvalue weighted by atomic mass is 16.2. The van der Waals surface area contributed by atoms with E-state index in [4.69, 9.17) is 0 Å². The average molecular weight is 203 g/mol. The number of benzene rings is 1. The second-order valence-corrected chi connectivity index (χ2v) is 3.72. The second kappa shape index (κ2) is 5.35. The summed E-state index contributed by atoms with van der Waals surface area (Å²) in [6, 6.07) is 9.82. The minimum atomic E-state index is -0.0984. The summed E-state index contributed by atoms with van der Waals surface area (Å²) in [7, 11) is 3.56. The maximum absolute atomic E-state index is 11.9. The lowest BCUT2D eigenvalue weighted by atomic mass is 9.94. The highest BCUT2D eigenvalue weighted by Gasteiger charge is 2.20. The van der Waals surface area contributed by atoms with Gasteiger partial charge in [-0.25, -0.2) is 0 Å². The molecule has 1 amide bonds. The van der Waals surface area contributed by atoms with Gasteiger partial charge in [0.15, 0.2) is 0 Å². The molecule has 0 saturated carbocycles. The molecule has 0 aromatic heterocycles. The van der Waals surface area contributed by atoms with Gasteiger partial charge in [0.05, 0.1) is 5.92 Å². The summed E-state index contributed by atoms with van der Waals surface area (Å²) in [5.74, 6) is 0.0276. The number of allylic oxidation sites excluding steroid dienone is 1. The number of rotatable bonds is 4. The Morgan fingerprint density at radius 3 is 2.47 bits per heavy atom. The van der Waals surface area contributed by atoms with E-state index >= 15 is 0 Å². The Labute approximate surface area is 91.2 Å². The van der Waals surface area contributed by atoms with Crippen molar-refractivity contribution in [2.45, 2.75) is 12.3 Å². The molecular formula is C13H17NO. The molecule has 1 unspecified atom stereocenters. The van der Waals surface area contributed by atoms with Crippen LogP contribution in [0.5, 0.6) is 0 Å². The maximum atomic E-state index is 11.9. The molecule has 0 fully saturated rings. The van der Waals surface area contributed by atoms with Crippen molar-refractivity contribution in [2.24, 2.45) is 0 Å². The van der Waals surface area contributed by atoms with Crippen molar-refractivity contribution in [3.8, 4) is 0 Å². The van der Waals surface area contributed by atoms with E-state index in [2.05, 4.69) is 6.58 Å². The Bertz CT molecular complexity index is 330. The van der Waals surface area contributed by atoms with Gasteiger partial charge in [0.2, 0.25) is 5.91 Å². The Kier molecular flexibility index (Phi) is 4.10. The molecular weight excluding hydrogens is 186 g/mol. The summed E-state index contributed by atoms with van der Waals surface area (Å²) in [6.45, 7) is 3.70. The van der Waals surface area contributed by atoms with E-state index in [1.165, 1.54) is 0 Å². The SMILES string of the molecule is C=CCC(C(=O)N(C)C)c1ccccc1.